The maximum Gasteiger partial charge on any atom is 0.0628 e. The third-order valence-electron chi connectivity index (χ3n) is 3.72. The molecule has 3 unspecified atom stereocenters. The first-order chi connectivity index (χ1) is 8.51. The maximum atomic E-state index is 6.34. The molecule has 0 amide bonds. The van der Waals surface area contributed by atoms with Crippen molar-refractivity contribution < 1.29 is 9.47 Å². The Labute approximate surface area is 113 Å². The average Bonchev–Trinajstić information content (AvgIpc) is 2.24. The van der Waals surface area contributed by atoms with Crippen LogP contribution in [0.1, 0.15) is 73.1 Å². The minimum absolute atomic E-state index is 0.353. The van der Waals surface area contributed by atoms with Crippen molar-refractivity contribution in [2.24, 2.45) is 5.92 Å². The third-order valence-corrected chi connectivity index (χ3v) is 3.72. The molecular formula is C16H32O2. The van der Waals surface area contributed by atoms with Crippen LogP contribution in [0.25, 0.3) is 0 Å². The monoisotopic (exact) mass is 256 g/mol. The predicted octanol–water partition coefficient (Wildman–Crippen LogP) is 4.56. The van der Waals surface area contributed by atoms with Crippen LogP contribution in [0.5, 0.6) is 0 Å². The Morgan fingerprint density at radius 3 is 2.17 bits per heavy atom. The summed E-state index contributed by atoms with van der Waals surface area (Å²) < 4.78 is 12.1. The molecule has 0 aromatic heterocycles. The summed E-state index contributed by atoms with van der Waals surface area (Å²) in [5, 5.41) is 0. The highest BCUT2D eigenvalue weighted by molar-refractivity contribution is 4.75. The summed E-state index contributed by atoms with van der Waals surface area (Å²) in [4.78, 5) is 0. The number of rotatable bonds is 7. The SMILES string of the molecule is CCCC(CCC(C)C)OC1CC(C)OC(C)C1. The Bertz CT molecular complexity index is 205. The predicted molar refractivity (Wildman–Crippen MR) is 76.9 cm³/mol. The van der Waals surface area contributed by atoms with Crippen LogP contribution in [-0.4, -0.2) is 24.4 Å². The van der Waals surface area contributed by atoms with Gasteiger partial charge in [-0.05, 0) is 51.9 Å². The Morgan fingerprint density at radius 2 is 1.67 bits per heavy atom. The molecule has 0 radical (unpaired) electrons. The second-order valence-electron chi connectivity index (χ2n) is 6.37. The molecule has 1 aliphatic heterocycles. The summed E-state index contributed by atoms with van der Waals surface area (Å²) in [6, 6.07) is 0. The molecule has 0 aliphatic carbocycles. The van der Waals surface area contributed by atoms with E-state index in [4.69, 9.17) is 9.47 Å². The minimum Gasteiger partial charge on any atom is -0.375 e. The molecule has 3 atom stereocenters. The number of ether oxygens (including phenoxy) is 2. The molecule has 0 spiro atoms. The van der Waals surface area contributed by atoms with E-state index in [-0.39, 0.29) is 0 Å². The van der Waals surface area contributed by atoms with Gasteiger partial charge in [0.15, 0.2) is 0 Å². The van der Waals surface area contributed by atoms with Crippen LogP contribution in [0.2, 0.25) is 0 Å². The third kappa shape index (κ3) is 6.19. The topological polar surface area (TPSA) is 18.5 Å². The van der Waals surface area contributed by atoms with Crippen LogP contribution in [0.4, 0.5) is 0 Å². The number of hydrogen-bond acceptors (Lipinski definition) is 2. The molecule has 1 saturated heterocycles. The first-order valence-corrected chi connectivity index (χ1v) is 7.82. The van der Waals surface area contributed by atoms with Gasteiger partial charge >= 0.3 is 0 Å². The molecule has 1 rings (SSSR count). The summed E-state index contributed by atoms with van der Waals surface area (Å²) in [5.74, 6) is 0.778. The molecule has 2 heteroatoms. The zero-order chi connectivity index (χ0) is 13.5. The molecule has 0 saturated carbocycles. The standard InChI is InChI=1S/C16H32O2/c1-6-7-15(9-8-12(2)3)18-16-10-13(4)17-14(5)11-16/h12-16H,6-11H2,1-5H3. The largest absolute Gasteiger partial charge is 0.375 e. The van der Waals surface area contributed by atoms with Gasteiger partial charge in [-0.2, -0.15) is 0 Å². The Kier molecular flexibility index (Phi) is 7.25. The van der Waals surface area contributed by atoms with Crippen molar-refractivity contribution in [1.82, 2.24) is 0 Å². The van der Waals surface area contributed by atoms with Gasteiger partial charge in [-0.3, -0.25) is 0 Å². The van der Waals surface area contributed by atoms with Crippen LogP contribution in [0.3, 0.4) is 0 Å². The fourth-order valence-corrected chi connectivity index (χ4v) is 2.85. The molecule has 0 aromatic rings. The van der Waals surface area contributed by atoms with Crippen molar-refractivity contribution in [3.63, 3.8) is 0 Å². The summed E-state index contributed by atoms with van der Waals surface area (Å²) in [5.41, 5.74) is 0. The summed E-state index contributed by atoms with van der Waals surface area (Å²) in [7, 11) is 0. The highest BCUT2D eigenvalue weighted by Gasteiger charge is 2.27. The normalized spacial score (nSPS) is 30.7. The molecule has 0 bridgehead atoms. The molecule has 0 N–H and O–H groups in total. The molecule has 18 heavy (non-hydrogen) atoms. The van der Waals surface area contributed by atoms with Gasteiger partial charge in [0.25, 0.3) is 0 Å². The smallest absolute Gasteiger partial charge is 0.0628 e. The first-order valence-electron chi connectivity index (χ1n) is 7.82. The van der Waals surface area contributed by atoms with Crippen molar-refractivity contribution in [3.8, 4) is 0 Å². The van der Waals surface area contributed by atoms with Crippen molar-refractivity contribution in [2.45, 2.75) is 97.6 Å². The highest BCUT2D eigenvalue weighted by Crippen LogP contribution is 2.25. The lowest BCUT2D eigenvalue weighted by Crippen LogP contribution is -2.36. The van der Waals surface area contributed by atoms with Gasteiger partial charge in [-0.1, -0.05) is 27.2 Å². The lowest BCUT2D eigenvalue weighted by molar-refractivity contribution is -0.124. The van der Waals surface area contributed by atoms with Crippen molar-refractivity contribution >= 4 is 0 Å². The van der Waals surface area contributed by atoms with Gasteiger partial charge < -0.3 is 9.47 Å². The molecule has 1 fully saturated rings. The van der Waals surface area contributed by atoms with Crippen LogP contribution in [0, 0.1) is 5.92 Å². The van der Waals surface area contributed by atoms with E-state index in [1.54, 1.807) is 0 Å². The molecule has 1 aliphatic rings. The molecule has 0 aromatic carbocycles. The first kappa shape index (κ1) is 16.0. The molecular weight excluding hydrogens is 224 g/mol. The molecule has 108 valence electrons. The van der Waals surface area contributed by atoms with Crippen molar-refractivity contribution in [1.29, 1.82) is 0 Å². The van der Waals surface area contributed by atoms with Gasteiger partial charge in [-0.25, -0.2) is 0 Å². The van der Waals surface area contributed by atoms with Gasteiger partial charge in [0, 0.05) is 0 Å². The van der Waals surface area contributed by atoms with E-state index in [0.717, 1.165) is 18.8 Å². The van der Waals surface area contributed by atoms with Gasteiger partial charge in [0.05, 0.1) is 24.4 Å². The van der Waals surface area contributed by atoms with E-state index < -0.39 is 0 Å². The fraction of sp³-hybridized carbons (Fsp3) is 1.00. The van der Waals surface area contributed by atoms with Crippen LogP contribution < -0.4 is 0 Å². The van der Waals surface area contributed by atoms with E-state index in [9.17, 15) is 0 Å². The van der Waals surface area contributed by atoms with E-state index in [2.05, 4.69) is 34.6 Å². The van der Waals surface area contributed by atoms with E-state index in [1.807, 2.05) is 0 Å². The van der Waals surface area contributed by atoms with Crippen LogP contribution >= 0.6 is 0 Å². The zero-order valence-corrected chi connectivity index (χ0v) is 12.9. The van der Waals surface area contributed by atoms with Gasteiger partial charge in [0.1, 0.15) is 0 Å². The van der Waals surface area contributed by atoms with E-state index in [1.165, 1.54) is 25.7 Å². The lowest BCUT2D eigenvalue weighted by Gasteiger charge is -2.34. The second-order valence-corrected chi connectivity index (χ2v) is 6.37. The summed E-state index contributed by atoms with van der Waals surface area (Å²) in [6.45, 7) is 11.2. The quantitative estimate of drug-likeness (QED) is 0.664. The molecule has 1 heterocycles. The fourth-order valence-electron chi connectivity index (χ4n) is 2.85. The van der Waals surface area contributed by atoms with E-state index in [0.29, 0.717) is 24.4 Å². The van der Waals surface area contributed by atoms with Gasteiger partial charge in [0.2, 0.25) is 0 Å². The molecule has 2 nitrogen and oxygen atoms in total. The summed E-state index contributed by atoms with van der Waals surface area (Å²) >= 11 is 0. The summed E-state index contributed by atoms with van der Waals surface area (Å²) in [6.07, 6.45) is 8.61. The zero-order valence-electron chi connectivity index (χ0n) is 12.9. The Balaban J connectivity index is 2.38. The van der Waals surface area contributed by atoms with Crippen molar-refractivity contribution in [2.75, 3.05) is 0 Å². The Hall–Kier alpha value is -0.0800. The van der Waals surface area contributed by atoms with E-state index >= 15 is 0 Å². The lowest BCUT2D eigenvalue weighted by atomic mass is 9.99. The highest BCUT2D eigenvalue weighted by atomic mass is 16.5. The average molecular weight is 256 g/mol. The van der Waals surface area contributed by atoms with Crippen molar-refractivity contribution in [3.05, 3.63) is 0 Å². The Morgan fingerprint density at radius 1 is 1.06 bits per heavy atom. The van der Waals surface area contributed by atoms with Gasteiger partial charge in [-0.15, -0.1) is 0 Å². The van der Waals surface area contributed by atoms with Crippen LogP contribution in [-0.2, 0) is 9.47 Å². The van der Waals surface area contributed by atoms with Crippen LogP contribution in [0.15, 0.2) is 0 Å². The minimum atomic E-state index is 0.353. The second kappa shape index (κ2) is 8.16. The number of hydrogen-bond donors (Lipinski definition) is 0. The maximum absolute atomic E-state index is 6.34.